The first-order valence-electron chi connectivity index (χ1n) is 6.06. The van der Waals surface area contributed by atoms with Gasteiger partial charge in [-0.05, 0) is 53.4 Å². The molecule has 19 heavy (non-hydrogen) atoms. The minimum absolute atomic E-state index is 0.0546. The van der Waals surface area contributed by atoms with E-state index in [2.05, 4.69) is 21.2 Å². The first-order chi connectivity index (χ1) is 8.97. The molecule has 0 bridgehead atoms. The maximum atomic E-state index is 12.0. The zero-order valence-corrected chi connectivity index (χ0v) is 11.8. The van der Waals surface area contributed by atoms with Gasteiger partial charge in [0, 0.05) is 16.4 Å². The van der Waals surface area contributed by atoms with E-state index in [9.17, 15) is 9.59 Å². The lowest BCUT2D eigenvalue weighted by Crippen LogP contribution is -2.23. The zero-order chi connectivity index (χ0) is 14.0. The average molecular weight is 327 g/mol. The number of anilines is 1. The standard InChI is InChI=1S/C13H15BrN2O3/c14-10-6-8(13(18)19)2-4-11(10)16-12(17)7-1-3-9(15)5-7/h2,4,6-7,9H,1,3,5,15H2,(H,16,17)(H,18,19). The Balaban J connectivity index is 2.07. The van der Waals surface area contributed by atoms with Crippen molar-refractivity contribution in [1.29, 1.82) is 0 Å². The van der Waals surface area contributed by atoms with Gasteiger partial charge in [0.1, 0.15) is 0 Å². The molecule has 0 heterocycles. The third-order valence-corrected chi connectivity index (χ3v) is 3.97. The summed E-state index contributed by atoms with van der Waals surface area (Å²) >= 11 is 3.26. The fourth-order valence-corrected chi connectivity index (χ4v) is 2.72. The first-order valence-corrected chi connectivity index (χ1v) is 6.86. The molecule has 0 aromatic heterocycles. The molecule has 1 aliphatic carbocycles. The molecule has 1 fully saturated rings. The maximum Gasteiger partial charge on any atom is 0.335 e. The van der Waals surface area contributed by atoms with Crippen LogP contribution in [-0.4, -0.2) is 23.0 Å². The summed E-state index contributed by atoms with van der Waals surface area (Å²) in [6.07, 6.45) is 2.38. The molecule has 2 rings (SSSR count). The van der Waals surface area contributed by atoms with Crippen LogP contribution in [0.2, 0.25) is 0 Å². The molecular formula is C13H15BrN2O3. The maximum absolute atomic E-state index is 12.0. The van der Waals surface area contributed by atoms with E-state index in [1.165, 1.54) is 12.1 Å². The van der Waals surface area contributed by atoms with Crippen LogP contribution < -0.4 is 11.1 Å². The van der Waals surface area contributed by atoms with E-state index in [1.807, 2.05) is 0 Å². The molecule has 5 nitrogen and oxygen atoms in total. The molecule has 6 heteroatoms. The predicted molar refractivity (Wildman–Crippen MR) is 75.0 cm³/mol. The summed E-state index contributed by atoms with van der Waals surface area (Å²) in [7, 11) is 0. The van der Waals surface area contributed by atoms with Gasteiger partial charge in [0.05, 0.1) is 11.3 Å². The second kappa shape index (κ2) is 5.71. The summed E-state index contributed by atoms with van der Waals surface area (Å²) in [5.74, 6) is -1.11. The molecule has 0 aliphatic heterocycles. The Morgan fingerprint density at radius 1 is 1.37 bits per heavy atom. The van der Waals surface area contributed by atoms with Crippen molar-refractivity contribution >= 4 is 33.5 Å². The van der Waals surface area contributed by atoms with Gasteiger partial charge >= 0.3 is 5.97 Å². The van der Waals surface area contributed by atoms with Gasteiger partial charge in [-0.3, -0.25) is 4.79 Å². The van der Waals surface area contributed by atoms with Gasteiger partial charge in [-0.15, -0.1) is 0 Å². The van der Waals surface area contributed by atoms with Gasteiger partial charge in [0.25, 0.3) is 0 Å². The summed E-state index contributed by atoms with van der Waals surface area (Å²) in [6.45, 7) is 0. The van der Waals surface area contributed by atoms with E-state index in [0.717, 1.165) is 12.8 Å². The highest BCUT2D eigenvalue weighted by molar-refractivity contribution is 9.10. The number of nitrogens with two attached hydrogens (primary N) is 1. The number of aromatic carboxylic acids is 1. The molecule has 1 saturated carbocycles. The fraction of sp³-hybridized carbons (Fsp3) is 0.385. The fourth-order valence-electron chi connectivity index (χ4n) is 2.24. The predicted octanol–water partition coefficient (Wildman–Crippen LogP) is 2.21. The molecule has 2 unspecified atom stereocenters. The lowest BCUT2D eigenvalue weighted by atomic mass is 10.1. The highest BCUT2D eigenvalue weighted by atomic mass is 79.9. The second-order valence-electron chi connectivity index (χ2n) is 4.76. The largest absolute Gasteiger partial charge is 0.478 e. The summed E-state index contributed by atoms with van der Waals surface area (Å²) in [5.41, 5.74) is 6.54. The minimum atomic E-state index is -1.000. The number of carboxylic acid groups (broad SMARTS) is 1. The van der Waals surface area contributed by atoms with E-state index in [4.69, 9.17) is 10.8 Å². The van der Waals surface area contributed by atoms with Crippen LogP contribution >= 0.6 is 15.9 Å². The van der Waals surface area contributed by atoms with Gasteiger partial charge in [-0.25, -0.2) is 4.79 Å². The van der Waals surface area contributed by atoms with Crippen molar-refractivity contribution < 1.29 is 14.7 Å². The second-order valence-corrected chi connectivity index (χ2v) is 5.61. The quantitative estimate of drug-likeness (QED) is 0.794. The van der Waals surface area contributed by atoms with Crippen molar-refractivity contribution in [2.45, 2.75) is 25.3 Å². The normalized spacial score (nSPS) is 22.2. The van der Waals surface area contributed by atoms with E-state index in [-0.39, 0.29) is 23.4 Å². The van der Waals surface area contributed by atoms with E-state index >= 15 is 0 Å². The number of benzene rings is 1. The van der Waals surface area contributed by atoms with Crippen LogP contribution in [0.3, 0.4) is 0 Å². The van der Waals surface area contributed by atoms with Gasteiger partial charge < -0.3 is 16.2 Å². The van der Waals surface area contributed by atoms with Crippen molar-refractivity contribution in [3.63, 3.8) is 0 Å². The van der Waals surface area contributed by atoms with Crippen LogP contribution in [0.1, 0.15) is 29.6 Å². The number of nitrogens with one attached hydrogen (secondary N) is 1. The minimum Gasteiger partial charge on any atom is -0.478 e. The Morgan fingerprint density at radius 3 is 2.63 bits per heavy atom. The topological polar surface area (TPSA) is 92.4 Å². The number of carbonyl (C=O) groups is 2. The van der Waals surface area contributed by atoms with Crippen molar-refractivity contribution in [2.24, 2.45) is 11.7 Å². The van der Waals surface area contributed by atoms with Crippen LogP contribution in [0.4, 0.5) is 5.69 Å². The highest BCUT2D eigenvalue weighted by Crippen LogP contribution is 2.28. The van der Waals surface area contributed by atoms with E-state index in [1.54, 1.807) is 6.07 Å². The Labute approximate surface area is 119 Å². The average Bonchev–Trinajstić information content (AvgIpc) is 2.78. The molecule has 1 aromatic rings. The molecule has 4 N–H and O–H groups in total. The van der Waals surface area contributed by atoms with Crippen molar-refractivity contribution in [3.05, 3.63) is 28.2 Å². The van der Waals surface area contributed by atoms with Crippen molar-refractivity contribution in [3.8, 4) is 0 Å². The Morgan fingerprint density at radius 2 is 2.11 bits per heavy atom. The van der Waals surface area contributed by atoms with Crippen LogP contribution in [0.15, 0.2) is 22.7 Å². The molecule has 0 radical (unpaired) electrons. The number of rotatable bonds is 3. The van der Waals surface area contributed by atoms with Gasteiger partial charge in [-0.1, -0.05) is 0 Å². The zero-order valence-electron chi connectivity index (χ0n) is 10.2. The van der Waals surface area contributed by atoms with Crippen molar-refractivity contribution in [1.82, 2.24) is 0 Å². The van der Waals surface area contributed by atoms with Gasteiger partial charge in [0.2, 0.25) is 5.91 Å². The third-order valence-electron chi connectivity index (χ3n) is 3.32. The Bertz CT molecular complexity index is 519. The van der Waals surface area contributed by atoms with Crippen LogP contribution in [0, 0.1) is 5.92 Å². The van der Waals surface area contributed by atoms with Gasteiger partial charge in [-0.2, -0.15) is 0 Å². The third kappa shape index (κ3) is 3.33. The van der Waals surface area contributed by atoms with E-state index in [0.29, 0.717) is 16.6 Å². The molecule has 0 spiro atoms. The Kier molecular flexibility index (Phi) is 4.21. The molecule has 1 amide bonds. The molecule has 1 aliphatic rings. The molecule has 102 valence electrons. The highest BCUT2D eigenvalue weighted by Gasteiger charge is 2.28. The van der Waals surface area contributed by atoms with Crippen molar-refractivity contribution in [2.75, 3.05) is 5.32 Å². The summed E-state index contributed by atoms with van der Waals surface area (Å²) in [6, 6.07) is 4.62. The summed E-state index contributed by atoms with van der Waals surface area (Å²) in [4.78, 5) is 22.8. The van der Waals surface area contributed by atoms with Crippen LogP contribution in [-0.2, 0) is 4.79 Å². The van der Waals surface area contributed by atoms with Gasteiger partial charge in [0.15, 0.2) is 0 Å². The van der Waals surface area contributed by atoms with E-state index < -0.39 is 5.97 Å². The SMILES string of the molecule is NC1CCC(C(=O)Nc2ccc(C(=O)O)cc2Br)C1. The Hall–Kier alpha value is -1.40. The lowest BCUT2D eigenvalue weighted by molar-refractivity contribution is -0.119. The molecule has 0 saturated heterocycles. The number of carbonyl (C=O) groups excluding carboxylic acids is 1. The van der Waals surface area contributed by atoms with Crippen LogP contribution in [0.5, 0.6) is 0 Å². The summed E-state index contributed by atoms with van der Waals surface area (Å²) < 4.78 is 0.558. The number of hydrogen-bond acceptors (Lipinski definition) is 3. The first kappa shape index (κ1) is 14.0. The molecular weight excluding hydrogens is 312 g/mol. The molecule has 2 atom stereocenters. The number of halogens is 1. The monoisotopic (exact) mass is 326 g/mol. The van der Waals surface area contributed by atoms with Crippen LogP contribution in [0.25, 0.3) is 0 Å². The number of hydrogen-bond donors (Lipinski definition) is 3. The molecule has 1 aromatic carbocycles. The number of carboxylic acids is 1. The summed E-state index contributed by atoms with van der Waals surface area (Å²) in [5, 5.41) is 11.7. The smallest absolute Gasteiger partial charge is 0.335 e. The number of amides is 1. The lowest BCUT2D eigenvalue weighted by Gasteiger charge is -2.12.